The third kappa shape index (κ3) is 4.39. The normalized spacial score (nSPS) is 30.8. The van der Waals surface area contributed by atoms with E-state index in [4.69, 9.17) is 0 Å². The third-order valence-electron chi connectivity index (χ3n) is 6.40. The molecule has 2 aliphatic rings. The summed E-state index contributed by atoms with van der Waals surface area (Å²) in [6, 6.07) is 0. The lowest BCUT2D eigenvalue weighted by atomic mass is 9.63. The second-order valence-electron chi connectivity index (χ2n) is 8.67. The van der Waals surface area contributed by atoms with Crippen LogP contribution in [0, 0.1) is 29.1 Å². The van der Waals surface area contributed by atoms with Gasteiger partial charge in [-0.25, -0.2) is 0 Å². The predicted octanol–water partition coefficient (Wildman–Crippen LogP) is 6.03. The van der Waals surface area contributed by atoms with Crippen molar-refractivity contribution >= 4 is 10.1 Å². The summed E-state index contributed by atoms with van der Waals surface area (Å²) in [5.74, 6) is 1.29. The Morgan fingerprint density at radius 2 is 1.88 bits per heavy atom. The first-order valence-electron chi connectivity index (χ1n) is 9.59. The lowest BCUT2D eigenvalue weighted by Crippen LogP contribution is -2.37. The Balaban J connectivity index is 2.11. The number of hydrogen-bond acceptors (Lipinski definition) is 3. The van der Waals surface area contributed by atoms with Crippen LogP contribution in [0.1, 0.15) is 72.6 Å². The van der Waals surface area contributed by atoms with Gasteiger partial charge in [0.1, 0.15) is 5.76 Å². The number of rotatable bonds is 7. The van der Waals surface area contributed by atoms with E-state index in [0.29, 0.717) is 30.6 Å². The van der Waals surface area contributed by atoms with E-state index in [1.54, 1.807) is 6.08 Å². The second kappa shape index (κ2) is 7.72. The lowest BCUT2D eigenvalue weighted by molar-refractivity contribution is -0.0536. The van der Waals surface area contributed by atoms with E-state index < -0.39 is 15.6 Å². The van der Waals surface area contributed by atoms with Crippen LogP contribution in [0.4, 0.5) is 13.2 Å². The minimum atomic E-state index is -5.59. The zero-order valence-electron chi connectivity index (χ0n) is 16.1. The molecule has 0 aromatic rings. The number of fused-ring (bicyclic) bond motifs is 1. The van der Waals surface area contributed by atoms with Crippen molar-refractivity contribution in [2.75, 3.05) is 0 Å². The molecule has 7 heteroatoms. The van der Waals surface area contributed by atoms with Crippen LogP contribution in [0.25, 0.3) is 0 Å². The Kier molecular flexibility index (Phi) is 6.41. The van der Waals surface area contributed by atoms with Gasteiger partial charge in [-0.3, -0.25) is 0 Å². The fourth-order valence-corrected chi connectivity index (χ4v) is 5.54. The molecule has 3 nitrogen and oxygen atoms in total. The zero-order valence-corrected chi connectivity index (χ0v) is 16.9. The summed E-state index contributed by atoms with van der Waals surface area (Å²) in [6.45, 7) is 8.73. The summed E-state index contributed by atoms with van der Waals surface area (Å²) < 4.78 is 65.6. The van der Waals surface area contributed by atoms with Crippen LogP contribution in [0.5, 0.6) is 0 Å². The van der Waals surface area contributed by atoms with Gasteiger partial charge in [0.25, 0.3) is 0 Å². The maximum absolute atomic E-state index is 12.7. The van der Waals surface area contributed by atoms with Gasteiger partial charge >= 0.3 is 15.6 Å². The molecule has 2 rings (SSSR count). The molecular weight excluding hydrogens is 365 g/mol. The molecule has 2 aliphatic carbocycles. The van der Waals surface area contributed by atoms with Gasteiger partial charge in [-0.15, -0.1) is 0 Å². The van der Waals surface area contributed by atoms with Crippen molar-refractivity contribution in [3.8, 4) is 0 Å². The first-order valence-corrected chi connectivity index (χ1v) is 11.0. The molecule has 0 saturated heterocycles. The van der Waals surface area contributed by atoms with Gasteiger partial charge in [-0.2, -0.15) is 21.6 Å². The van der Waals surface area contributed by atoms with E-state index in [2.05, 4.69) is 31.9 Å². The summed E-state index contributed by atoms with van der Waals surface area (Å²) in [5.41, 5.74) is -5.58. The number of halogens is 3. The van der Waals surface area contributed by atoms with E-state index in [1.165, 1.54) is 6.42 Å². The van der Waals surface area contributed by atoms with Crippen LogP contribution in [0.15, 0.2) is 11.8 Å². The van der Waals surface area contributed by atoms with Gasteiger partial charge in [-0.1, -0.05) is 47.0 Å². The van der Waals surface area contributed by atoms with Gasteiger partial charge in [0.2, 0.25) is 0 Å². The SMILES string of the molecule is CC(C)CCC[C@@H](C)[C@H]1CC[C@H]2C(OS(=O)(=O)C(F)(F)F)=CCC[C@]12C. The molecule has 1 fully saturated rings. The third-order valence-corrected chi connectivity index (χ3v) is 7.38. The van der Waals surface area contributed by atoms with Crippen molar-refractivity contribution in [2.45, 2.75) is 78.1 Å². The summed E-state index contributed by atoms with van der Waals surface area (Å²) >= 11 is 0. The molecule has 26 heavy (non-hydrogen) atoms. The van der Waals surface area contributed by atoms with E-state index in [9.17, 15) is 21.6 Å². The number of hydrogen-bond donors (Lipinski definition) is 0. The summed E-state index contributed by atoms with van der Waals surface area (Å²) in [4.78, 5) is 0. The lowest BCUT2D eigenvalue weighted by Gasteiger charge is -2.42. The van der Waals surface area contributed by atoms with Gasteiger partial charge in [0, 0.05) is 5.92 Å². The molecule has 0 bridgehead atoms. The van der Waals surface area contributed by atoms with Crippen LogP contribution < -0.4 is 0 Å². The molecule has 0 heterocycles. The monoisotopic (exact) mass is 396 g/mol. The number of alkyl halides is 3. The fraction of sp³-hybridized carbons (Fsp3) is 0.895. The fourth-order valence-electron chi connectivity index (χ4n) is 5.01. The van der Waals surface area contributed by atoms with Crippen molar-refractivity contribution in [1.29, 1.82) is 0 Å². The van der Waals surface area contributed by atoms with E-state index in [1.807, 2.05) is 0 Å². The summed E-state index contributed by atoms with van der Waals surface area (Å²) in [7, 11) is -5.59. The molecule has 0 unspecified atom stereocenters. The van der Waals surface area contributed by atoms with E-state index in [0.717, 1.165) is 25.7 Å². The zero-order chi connectivity index (χ0) is 19.8. The van der Waals surface area contributed by atoms with Crippen molar-refractivity contribution in [2.24, 2.45) is 29.1 Å². The standard InChI is InChI=1S/C19H31F3O3S/c1-13(2)7-5-8-14(3)15-10-11-16-17(9-6-12-18(15,16)4)25-26(23,24)19(20,21)22/h9,13-16H,5-8,10-12H2,1-4H3/t14-,15-,16+,18-/m1/s1. The molecule has 152 valence electrons. The van der Waals surface area contributed by atoms with Crippen LogP contribution in [0.2, 0.25) is 0 Å². The summed E-state index contributed by atoms with van der Waals surface area (Å²) in [5, 5.41) is 0. The van der Waals surface area contributed by atoms with Crippen molar-refractivity contribution in [3.63, 3.8) is 0 Å². The summed E-state index contributed by atoms with van der Waals surface area (Å²) in [6.07, 6.45) is 8.01. The van der Waals surface area contributed by atoms with Gasteiger partial charge in [-0.05, 0) is 54.9 Å². The molecule has 0 amide bonds. The van der Waals surface area contributed by atoms with Gasteiger partial charge in [0.15, 0.2) is 0 Å². The molecule has 1 saturated carbocycles. The van der Waals surface area contributed by atoms with Crippen molar-refractivity contribution in [3.05, 3.63) is 11.8 Å². The molecular formula is C19H31F3O3S. The minimum absolute atomic E-state index is 0.00737. The molecule has 0 N–H and O–H groups in total. The molecule has 4 atom stereocenters. The second-order valence-corrected chi connectivity index (χ2v) is 10.2. The van der Waals surface area contributed by atoms with Crippen LogP contribution >= 0.6 is 0 Å². The molecule has 0 spiro atoms. The molecule has 0 aromatic carbocycles. The molecule has 0 aromatic heterocycles. The average molecular weight is 397 g/mol. The molecule has 0 aliphatic heterocycles. The average Bonchev–Trinajstić information content (AvgIpc) is 2.83. The Hall–Kier alpha value is -0.720. The van der Waals surface area contributed by atoms with Crippen LogP contribution in [-0.4, -0.2) is 13.9 Å². The Bertz CT molecular complexity index is 624. The maximum Gasteiger partial charge on any atom is 0.534 e. The Labute approximate surface area is 155 Å². The Morgan fingerprint density at radius 3 is 2.46 bits per heavy atom. The minimum Gasteiger partial charge on any atom is -0.381 e. The first-order chi connectivity index (χ1) is 11.9. The van der Waals surface area contributed by atoms with E-state index in [-0.39, 0.29) is 17.1 Å². The highest BCUT2D eigenvalue weighted by Gasteiger charge is 2.54. The van der Waals surface area contributed by atoms with Crippen molar-refractivity contribution in [1.82, 2.24) is 0 Å². The maximum atomic E-state index is 12.7. The van der Waals surface area contributed by atoms with E-state index >= 15 is 0 Å². The smallest absolute Gasteiger partial charge is 0.381 e. The quantitative estimate of drug-likeness (QED) is 0.390. The van der Waals surface area contributed by atoms with Crippen LogP contribution in [-0.2, 0) is 14.3 Å². The largest absolute Gasteiger partial charge is 0.534 e. The highest BCUT2D eigenvalue weighted by Crippen LogP contribution is 2.59. The topological polar surface area (TPSA) is 43.4 Å². The van der Waals surface area contributed by atoms with Gasteiger partial charge in [0.05, 0.1) is 0 Å². The predicted molar refractivity (Wildman–Crippen MR) is 95.6 cm³/mol. The molecule has 0 radical (unpaired) electrons. The van der Waals surface area contributed by atoms with Gasteiger partial charge < -0.3 is 4.18 Å². The van der Waals surface area contributed by atoms with Crippen molar-refractivity contribution < 1.29 is 25.8 Å². The Morgan fingerprint density at radius 1 is 1.23 bits per heavy atom. The number of allylic oxidation sites excluding steroid dienone is 2. The first kappa shape index (κ1) is 21.6. The highest BCUT2D eigenvalue weighted by atomic mass is 32.2. The highest BCUT2D eigenvalue weighted by molar-refractivity contribution is 7.87. The van der Waals surface area contributed by atoms with Crippen LogP contribution in [0.3, 0.4) is 0 Å².